The van der Waals surface area contributed by atoms with Gasteiger partial charge in [-0.05, 0) is 55.5 Å². The first-order valence-corrected chi connectivity index (χ1v) is 13.6. The molecule has 0 aromatic heterocycles. The summed E-state index contributed by atoms with van der Waals surface area (Å²) in [5.74, 6) is -0.663. The minimum atomic E-state index is -0.557. The van der Waals surface area contributed by atoms with Crippen molar-refractivity contribution in [2.75, 3.05) is 0 Å². The van der Waals surface area contributed by atoms with Crippen LogP contribution in [-0.4, -0.2) is 17.5 Å². The molecule has 0 heterocycles. The molecule has 5 nitrogen and oxygen atoms in total. The number of rotatable bonds is 10. The van der Waals surface area contributed by atoms with Crippen molar-refractivity contribution < 1.29 is 19.1 Å². The van der Waals surface area contributed by atoms with E-state index in [-0.39, 0.29) is 25.0 Å². The molecule has 4 aromatic rings. The van der Waals surface area contributed by atoms with Crippen LogP contribution in [0.2, 0.25) is 0 Å². The number of carbonyl (C=O) groups excluding carboxylic acids is 2. The molecule has 0 radical (unpaired) electrons. The number of aryl methyl sites for hydroxylation is 1. The van der Waals surface area contributed by atoms with Gasteiger partial charge in [-0.15, -0.1) is 0 Å². The minimum absolute atomic E-state index is 0.215. The van der Waals surface area contributed by atoms with Gasteiger partial charge in [-0.1, -0.05) is 109 Å². The molecule has 0 aliphatic carbocycles. The summed E-state index contributed by atoms with van der Waals surface area (Å²) in [6.07, 6.45) is 0.648. The predicted octanol–water partition coefficient (Wildman–Crippen LogP) is 7.29. The number of benzene rings is 4. The van der Waals surface area contributed by atoms with Crippen molar-refractivity contribution in [3.8, 4) is 0 Å². The summed E-state index contributed by atoms with van der Waals surface area (Å²) in [5.41, 5.74) is 4.33. The highest BCUT2D eigenvalue weighted by molar-refractivity contribution is 5.91. The average Bonchev–Trinajstić information content (AvgIpc) is 2.96. The Hall–Kier alpha value is -4.22. The Kier molecular flexibility index (Phi) is 12.1. The van der Waals surface area contributed by atoms with Crippen LogP contribution in [0.3, 0.4) is 0 Å². The van der Waals surface area contributed by atoms with Crippen LogP contribution in [0, 0.1) is 0 Å². The maximum atomic E-state index is 12.3. The molecule has 0 aliphatic rings. The Balaban J connectivity index is 0.000000249. The van der Waals surface area contributed by atoms with E-state index in [4.69, 9.17) is 9.47 Å². The Morgan fingerprint density at radius 1 is 0.650 bits per heavy atom. The Bertz CT molecular complexity index is 1260. The molecule has 208 valence electrons. The van der Waals surface area contributed by atoms with Crippen LogP contribution in [0.4, 0.5) is 0 Å². The van der Waals surface area contributed by atoms with E-state index in [2.05, 4.69) is 53.8 Å². The molecular weight excluding hydrogens is 498 g/mol. The first kappa shape index (κ1) is 30.3. The second kappa shape index (κ2) is 16.0. The maximum absolute atomic E-state index is 12.3. The monoisotopic (exact) mass is 537 g/mol. The fourth-order valence-corrected chi connectivity index (χ4v) is 3.86. The van der Waals surface area contributed by atoms with Gasteiger partial charge < -0.3 is 14.8 Å². The highest BCUT2D eigenvalue weighted by Crippen LogP contribution is 2.17. The summed E-state index contributed by atoms with van der Waals surface area (Å²) in [5, 5.41) is 3.42. The fraction of sp³-hybridized carbons (Fsp3) is 0.257. The van der Waals surface area contributed by atoms with E-state index in [0.717, 1.165) is 24.2 Å². The van der Waals surface area contributed by atoms with Crippen molar-refractivity contribution in [3.63, 3.8) is 0 Å². The van der Waals surface area contributed by atoms with Gasteiger partial charge in [-0.2, -0.15) is 0 Å². The van der Waals surface area contributed by atoms with Crippen LogP contribution in [-0.2, 0) is 40.4 Å². The minimum Gasteiger partial charge on any atom is -0.461 e. The van der Waals surface area contributed by atoms with E-state index in [1.54, 1.807) is 12.1 Å². The lowest BCUT2D eigenvalue weighted by Crippen LogP contribution is -2.24. The molecule has 5 heteroatoms. The lowest BCUT2D eigenvalue weighted by Gasteiger charge is -2.20. The van der Waals surface area contributed by atoms with Gasteiger partial charge in [0.15, 0.2) is 0 Å². The number of hydrogen-bond donors (Lipinski definition) is 1. The summed E-state index contributed by atoms with van der Waals surface area (Å²) in [7, 11) is 0. The van der Waals surface area contributed by atoms with Crippen LogP contribution in [0.5, 0.6) is 0 Å². The normalized spacial score (nSPS) is 10.7. The lowest BCUT2D eigenvalue weighted by atomic mass is 10.0. The molecule has 0 atom stereocenters. The van der Waals surface area contributed by atoms with E-state index >= 15 is 0 Å². The summed E-state index contributed by atoms with van der Waals surface area (Å²) < 4.78 is 10.7. The van der Waals surface area contributed by atoms with Crippen molar-refractivity contribution in [2.45, 2.75) is 58.9 Å². The van der Waals surface area contributed by atoms with E-state index in [9.17, 15) is 9.59 Å². The van der Waals surface area contributed by atoms with Crippen LogP contribution in [0.25, 0.3) is 0 Å². The van der Waals surface area contributed by atoms with E-state index < -0.39 is 5.60 Å². The quantitative estimate of drug-likeness (QED) is 0.215. The van der Waals surface area contributed by atoms with E-state index in [1.807, 2.05) is 75.4 Å². The van der Waals surface area contributed by atoms with Gasteiger partial charge in [0.25, 0.3) is 0 Å². The van der Waals surface area contributed by atoms with Gasteiger partial charge in [-0.25, -0.2) is 4.79 Å². The lowest BCUT2D eigenvalue weighted by molar-refractivity contribution is -0.144. The Labute approximate surface area is 238 Å². The third-order valence-corrected chi connectivity index (χ3v) is 5.82. The SMILES string of the molecule is CC(C)(C)OC(=O)c1ccccc1CCC(=O)OCc1ccccc1.c1ccc(CNCc2ccccc2)cc1. The van der Waals surface area contributed by atoms with Gasteiger partial charge in [-0.3, -0.25) is 4.79 Å². The smallest absolute Gasteiger partial charge is 0.338 e. The first-order chi connectivity index (χ1) is 19.3. The van der Waals surface area contributed by atoms with Crippen LogP contribution < -0.4 is 5.32 Å². The molecule has 0 aliphatic heterocycles. The van der Waals surface area contributed by atoms with Crippen LogP contribution >= 0.6 is 0 Å². The predicted molar refractivity (Wildman–Crippen MR) is 160 cm³/mol. The maximum Gasteiger partial charge on any atom is 0.338 e. The Morgan fingerprint density at radius 3 is 1.65 bits per heavy atom. The number of ether oxygens (including phenoxy) is 2. The number of nitrogens with one attached hydrogen (secondary N) is 1. The highest BCUT2D eigenvalue weighted by Gasteiger charge is 2.20. The van der Waals surface area contributed by atoms with Crippen LogP contribution in [0.1, 0.15) is 59.8 Å². The van der Waals surface area contributed by atoms with Gasteiger partial charge in [0.2, 0.25) is 0 Å². The topological polar surface area (TPSA) is 64.6 Å². The largest absolute Gasteiger partial charge is 0.461 e. The van der Waals surface area contributed by atoms with Crippen molar-refractivity contribution in [1.29, 1.82) is 0 Å². The molecule has 0 bridgehead atoms. The summed E-state index contributed by atoms with van der Waals surface area (Å²) >= 11 is 0. The second-order valence-electron chi connectivity index (χ2n) is 10.4. The van der Waals surface area contributed by atoms with Crippen molar-refractivity contribution in [3.05, 3.63) is 143 Å². The first-order valence-electron chi connectivity index (χ1n) is 13.6. The molecule has 4 rings (SSSR count). The molecular formula is C35H39NO4. The molecule has 0 unspecified atom stereocenters. The van der Waals surface area contributed by atoms with Gasteiger partial charge in [0.1, 0.15) is 12.2 Å². The third-order valence-electron chi connectivity index (χ3n) is 5.82. The molecule has 4 aromatic carbocycles. The fourth-order valence-electron chi connectivity index (χ4n) is 3.86. The molecule has 0 fully saturated rings. The summed E-state index contributed by atoms with van der Waals surface area (Å²) in [4.78, 5) is 24.3. The average molecular weight is 538 g/mol. The second-order valence-corrected chi connectivity index (χ2v) is 10.4. The summed E-state index contributed by atoms with van der Waals surface area (Å²) in [6, 6.07) is 37.6. The van der Waals surface area contributed by atoms with Crippen molar-refractivity contribution >= 4 is 11.9 Å². The number of esters is 2. The summed E-state index contributed by atoms with van der Waals surface area (Å²) in [6.45, 7) is 7.59. The molecule has 0 spiro atoms. The zero-order valence-corrected chi connectivity index (χ0v) is 23.6. The third kappa shape index (κ3) is 11.7. The van der Waals surface area contributed by atoms with Crippen LogP contribution in [0.15, 0.2) is 115 Å². The molecule has 0 saturated heterocycles. The Morgan fingerprint density at radius 2 is 1.12 bits per heavy atom. The molecule has 0 saturated carbocycles. The van der Waals surface area contributed by atoms with E-state index in [1.165, 1.54) is 11.1 Å². The number of carbonyl (C=O) groups is 2. The molecule has 0 amide bonds. The molecule has 1 N–H and O–H groups in total. The zero-order chi connectivity index (χ0) is 28.6. The van der Waals surface area contributed by atoms with Crippen molar-refractivity contribution in [1.82, 2.24) is 5.32 Å². The standard InChI is InChI=1S/C21H24O4.C14H15N/c1-21(2,3)25-20(23)18-12-8-7-11-17(18)13-14-19(22)24-15-16-9-5-4-6-10-16;1-3-7-13(8-4-1)11-15-12-14-9-5-2-6-10-14/h4-12H,13-15H2,1-3H3;1-10,15H,11-12H2. The molecule has 40 heavy (non-hydrogen) atoms. The zero-order valence-electron chi connectivity index (χ0n) is 23.6. The van der Waals surface area contributed by atoms with Gasteiger partial charge in [0, 0.05) is 19.5 Å². The van der Waals surface area contributed by atoms with Gasteiger partial charge >= 0.3 is 11.9 Å². The van der Waals surface area contributed by atoms with Crippen molar-refractivity contribution in [2.24, 2.45) is 0 Å². The highest BCUT2D eigenvalue weighted by atomic mass is 16.6. The van der Waals surface area contributed by atoms with Gasteiger partial charge in [0.05, 0.1) is 5.56 Å². The number of hydrogen-bond acceptors (Lipinski definition) is 5. The van der Waals surface area contributed by atoms with E-state index in [0.29, 0.717) is 12.0 Å².